The molecule has 19 heavy (non-hydrogen) atoms. The number of hydrogen-bond donors (Lipinski definition) is 0. The van der Waals surface area contributed by atoms with Gasteiger partial charge in [0.05, 0.1) is 0 Å². The molecule has 0 saturated heterocycles. The second-order valence-electron chi connectivity index (χ2n) is 4.00. The van der Waals surface area contributed by atoms with E-state index < -0.39 is 0 Å². The van der Waals surface area contributed by atoms with E-state index >= 15 is 0 Å². The van der Waals surface area contributed by atoms with E-state index in [0.717, 1.165) is 0 Å². The van der Waals surface area contributed by atoms with Crippen LogP contribution < -0.4 is 5.46 Å². The topological polar surface area (TPSA) is 51.2 Å². The maximum Gasteiger partial charge on any atom is 0.193 e. The van der Waals surface area contributed by atoms with Crippen molar-refractivity contribution in [3.63, 3.8) is 0 Å². The van der Waals surface area contributed by atoms with Crippen LogP contribution in [0, 0.1) is 0 Å². The summed E-state index contributed by atoms with van der Waals surface area (Å²) in [5.74, 6) is -0.299. The zero-order valence-electron chi connectivity index (χ0n) is 10.00. The van der Waals surface area contributed by atoms with Crippen LogP contribution in [-0.2, 0) is 0 Å². The van der Waals surface area contributed by atoms with Crippen molar-refractivity contribution in [2.75, 3.05) is 0 Å². The quantitative estimate of drug-likeness (QED) is 0.466. The number of aldehydes is 2. The van der Waals surface area contributed by atoms with Crippen LogP contribution in [0.2, 0.25) is 0 Å². The highest BCUT2D eigenvalue weighted by atomic mass is 16.1. The van der Waals surface area contributed by atoms with Gasteiger partial charge in [0.25, 0.3) is 0 Å². The Labute approximate surface area is 111 Å². The lowest BCUT2D eigenvalue weighted by Crippen LogP contribution is -2.16. The van der Waals surface area contributed by atoms with E-state index in [2.05, 4.69) is 0 Å². The third kappa shape index (κ3) is 2.52. The first kappa shape index (κ1) is 13.0. The molecule has 0 fully saturated rings. The highest BCUT2D eigenvalue weighted by molar-refractivity contribution is 6.36. The van der Waals surface area contributed by atoms with Gasteiger partial charge in [-0.15, -0.1) is 0 Å². The minimum atomic E-state index is -0.299. The van der Waals surface area contributed by atoms with E-state index in [-0.39, 0.29) is 27.9 Å². The maximum absolute atomic E-state index is 12.3. The van der Waals surface area contributed by atoms with E-state index in [4.69, 9.17) is 7.85 Å². The molecule has 0 aliphatic heterocycles. The minimum Gasteiger partial charge on any atom is -0.298 e. The normalized spacial score (nSPS) is 9.89. The molecule has 2 rings (SSSR count). The van der Waals surface area contributed by atoms with Crippen molar-refractivity contribution < 1.29 is 14.4 Å². The molecule has 0 heterocycles. The van der Waals surface area contributed by atoms with E-state index in [0.29, 0.717) is 18.1 Å². The summed E-state index contributed by atoms with van der Waals surface area (Å²) in [7, 11) is 5.67. The van der Waals surface area contributed by atoms with Gasteiger partial charge in [0.15, 0.2) is 12.1 Å². The van der Waals surface area contributed by atoms with Gasteiger partial charge < -0.3 is 0 Å². The molecule has 90 valence electrons. The van der Waals surface area contributed by atoms with Gasteiger partial charge in [-0.05, 0) is 6.07 Å². The first-order valence-electron chi connectivity index (χ1n) is 5.61. The van der Waals surface area contributed by atoms with Crippen molar-refractivity contribution in [2.24, 2.45) is 0 Å². The summed E-state index contributed by atoms with van der Waals surface area (Å²) < 4.78 is 0. The van der Waals surface area contributed by atoms with Gasteiger partial charge in [-0.1, -0.05) is 41.9 Å². The van der Waals surface area contributed by atoms with E-state index in [9.17, 15) is 14.4 Å². The van der Waals surface area contributed by atoms with Crippen LogP contribution in [-0.4, -0.2) is 26.2 Å². The van der Waals surface area contributed by atoms with E-state index in [1.54, 1.807) is 30.3 Å². The van der Waals surface area contributed by atoms with Crippen LogP contribution in [0.15, 0.2) is 42.5 Å². The van der Waals surface area contributed by atoms with Gasteiger partial charge in [0.2, 0.25) is 0 Å². The largest absolute Gasteiger partial charge is 0.298 e. The van der Waals surface area contributed by atoms with Gasteiger partial charge in [-0.25, -0.2) is 0 Å². The molecular weight excluding hydrogens is 239 g/mol. The Bertz CT molecular complexity index is 648. The fourth-order valence-electron chi connectivity index (χ4n) is 1.79. The number of carbonyl (C=O) groups excluding carboxylic acids is 3. The standard InChI is InChI=1S/C15H9BO3/c16-14-7-13(11(8-17)6-12(14)9-18)15(19)10-4-2-1-3-5-10/h1-9H. The average Bonchev–Trinajstić information content (AvgIpc) is 2.47. The number of carbonyl (C=O) groups is 3. The number of benzene rings is 2. The van der Waals surface area contributed by atoms with Crippen LogP contribution >= 0.6 is 0 Å². The molecule has 4 heteroatoms. The van der Waals surface area contributed by atoms with Gasteiger partial charge in [-0.3, -0.25) is 14.4 Å². The molecule has 0 unspecified atom stereocenters. The van der Waals surface area contributed by atoms with Gasteiger partial charge in [0.1, 0.15) is 14.1 Å². The summed E-state index contributed by atoms with van der Waals surface area (Å²) in [6, 6.07) is 11.3. The third-order valence-corrected chi connectivity index (χ3v) is 2.79. The maximum atomic E-state index is 12.3. The lowest BCUT2D eigenvalue weighted by atomic mass is 9.85. The third-order valence-electron chi connectivity index (χ3n) is 2.79. The molecule has 0 aromatic heterocycles. The lowest BCUT2D eigenvalue weighted by molar-refractivity contribution is 0.102. The van der Waals surface area contributed by atoms with Crippen LogP contribution in [0.1, 0.15) is 36.6 Å². The summed E-state index contributed by atoms with van der Waals surface area (Å²) in [6.07, 6.45) is 1.10. The van der Waals surface area contributed by atoms with Crippen LogP contribution in [0.25, 0.3) is 0 Å². The number of rotatable bonds is 4. The van der Waals surface area contributed by atoms with Gasteiger partial charge >= 0.3 is 0 Å². The summed E-state index contributed by atoms with van der Waals surface area (Å²) in [6.45, 7) is 0. The minimum absolute atomic E-state index is 0.158. The Balaban J connectivity index is 2.56. The predicted molar refractivity (Wildman–Crippen MR) is 72.5 cm³/mol. The number of ketones is 1. The molecule has 0 spiro atoms. The molecule has 2 radical (unpaired) electrons. The SMILES string of the molecule is [B]c1cc(C(=O)c2ccccc2)c(C=O)cc1C=O. The van der Waals surface area contributed by atoms with Crippen molar-refractivity contribution in [3.8, 4) is 0 Å². The van der Waals surface area contributed by atoms with E-state index in [1.165, 1.54) is 12.1 Å². The Morgan fingerprint density at radius 2 is 1.58 bits per heavy atom. The van der Waals surface area contributed by atoms with Crippen molar-refractivity contribution in [2.45, 2.75) is 0 Å². The fraction of sp³-hybridized carbons (Fsp3) is 0. The number of hydrogen-bond acceptors (Lipinski definition) is 3. The molecule has 3 nitrogen and oxygen atoms in total. The predicted octanol–water partition coefficient (Wildman–Crippen LogP) is 1.34. The van der Waals surface area contributed by atoms with Crippen molar-refractivity contribution in [3.05, 3.63) is 64.7 Å². The van der Waals surface area contributed by atoms with Crippen LogP contribution in [0.3, 0.4) is 0 Å². The molecule has 0 saturated carbocycles. The Hall–Kier alpha value is -2.49. The zero-order valence-corrected chi connectivity index (χ0v) is 10.00. The monoisotopic (exact) mass is 248 g/mol. The molecule has 0 N–H and O–H groups in total. The second-order valence-corrected chi connectivity index (χ2v) is 4.00. The highest BCUT2D eigenvalue weighted by Crippen LogP contribution is 2.13. The van der Waals surface area contributed by atoms with Crippen molar-refractivity contribution >= 4 is 31.7 Å². The van der Waals surface area contributed by atoms with E-state index in [1.807, 2.05) is 0 Å². The Morgan fingerprint density at radius 3 is 2.16 bits per heavy atom. The van der Waals surface area contributed by atoms with Crippen LogP contribution in [0.5, 0.6) is 0 Å². The Kier molecular flexibility index (Phi) is 3.71. The summed E-state index contributed by atoms with van der Waals surface area (Å²) in [5.41, 5.74) is 1.20. The fourth-order valence-corrected chi connectivity index (χ4v) is 1.79. The molecule has 0 aliphatic rings. The Morgan fingerprint density at radius 1 is 0.947 bits per heavy atom. The molecule has 0 aliphatic carbocycles. The molecule has 0 atom stereocenters. The highest BCUT2D eigenvalue weighted by Gasteiger charge is 2.15. The molecule has 2 aromatic rings. The smallest absolute Gasteiger partial charge is 0.193 e. The summed E-state index contributed by atoms with van der Waals surface area (Å²) in [5, 5.41) is 0. The van der Waals surface area contributed by atoms with Gasteiger partial charge in [-0.2, -0.15) is 0 Å². The van der Waals surface area contributed by atoms with Crippen molar-refractivity contribution in [1.82, 2.24) is 0 Å². The van der Waals surface area contributed by atoms with Crippen molar-refractivity contribution in [1.29, 1.82) is 0 Å². The first-order valence-corrected chi connectivity index (χ1v) is 5.61. The molecular formula is C15H9BO3. The first-order chi connectivity index (χ1) is 9.17. The van der Waals surface area contributed by atoms with Gasteiger partial charge in [0, 0.05) is 22.3 Å². The summed E-state index contributed by atoms with van der Waals surface area (Å²) in [4.78, 5) is 34.1. The second kappa shape index (κ2) is 5.44. The van der Waals surface area contributed by atoms with Crippen LogP contribution in [0.4, 0.5) is 0 Å². The molecule has 2 aromatic carbocycles. The lowest BCUT2D eigenvalue weighted by Gasteiger charge is -2.08. The summed E-state index contributed by atoms with van der Waals surface area (Å²) >= 11 is 0. The average molecular weight is 248 g/mol. The molecule has 0 amide bonds. The molecule has 0 bridgehead atoms. The zero-order chi connectivity index (χ0) is 13.8.